The lowest BCUT2D eigenvalue weighted by atomic mass is 10.3. The zero-order chi connectivity index (χ0) is 20.9. The third-order valence-corrected chi connectivity index (χ3v) is 7.26. The van der Waals surface area contributed by atoms with Gasteiger partial charge in [-0.2, -0.15) is 0 Å². The Morgan fingerprint density at radius 1 is 1.29 bits per heavy atom. The van der Waals surface area contributed by atoms with Gasteiger partial charge in [-0.15, -0.1) is 0 Å². The van der Waals surface area contributed by atoms with Crippen LogP contribution in [-0.2, 0) is 10.0 Å². The van der Waals surface area contributed by atoms with Crippen molar-refractivity contribution in [1.29, 1.82) is 0 Å². The Bertz CT molecular complexity index is 910. The molecule has 0 aliphatic rings. The first-order chi connectivity index (χ1) is 13.2. The van der Waals surface area contributed by atoms with E-state index in [0.29, 0.717) is 23.7 Å². The van der Waals surface area contributed by atoms with Crippen LogP contribution in [0.25, 0.3) is 0 Å². The minimum absolute atomic E-state index is 0.0305. The average molecular weight is 429 g/mol. The summed E-state index contributed by atoms with van der Waals surface area (Å²) in [6.45, 7) is 3.65. The number of rotatable bonds is 8. The lowest BCUT2D eigenvalue weighted by Crippen LogP contribution is -2.37. The maximum absolute atomic E-state index is 12.7. The molecule has 2 amide bonds. The molecule has 2 rings (SSSR count). The fourth-order valence-electron chi connectivity index (χ4n) is 2.27. The molecule has 0 atom stereocenters. The number of carbonyl (C=O) groups excluding carboxylic acids is 1. The first kappa shape index (κ1) is 22.1. The number of aryl methyl sites for hydroxylation is 1. The van der Waals surface area contributed by atoms with E-state index >= 15 is 0 Å². The number of urea groups is 1. The number of sulfonamides is 1. The lowest BCUT2D eigenvalue weighted by molar-refractivity contribution is 0.252. The van der Waals surface area contributed by atoms with E-state index in [1.54, 1.807) is 31.2 Å². The molecular weight excluding hydrogens is 404 g/mol. The highest BCUT2D eigenvalue weighted by molar-refractivity contribution is 7.91. The molecule has 0 fully saturated rings. The number of carbonyl (C=O) groups is 1. The number of anilines is 2. The third-order valence-electron chi connectivity index (χ3n) is 3.67. The van der Waals surface area contributed by atoms with Crippen molar-refractivity contribution in [1.82, 2.24) is 9.29 Å². The monoisotopic (exact) mass is 428 g/mol. The number of amides is 2. The normalized spacial score (nSPS) is 11.5. The topological polar surface area (TPSA) is 112 Å². The number of aliphatic hydroxyl groups excluding tert-OH is 1. The smallest absolute Gasteiger partial charge is 0.328 e. The number of hydrogen-bond donors (Lipinski definition) is 2. The van der Waals surface area contributed by atoms with Crippen molar-refractivity contribution in [2.24, 2.45) is 0 Å². The van der Waals surface area contributed by atoms with Gasteiger partial charge in [0.05, 0.1) is 25.5 Å². The van der Waals surface area contributed by atoms with E-state index < -0.39 is 16.1 Å². The van der Waals surface area contributed by atoms with Crippen LogP contribution in [0.15, 0.2) is 28.5 Å². The van der Waals surface area contributed by atoms with Gasteiger partial charge in [0.1, 0.15) is 5.75 Å². The van der Waals surface area contributed by atoms with Gasteiger partial charge in [-0.05, 0) is 38.1 Å². The molecule has 28 heavy (non-hydrogen) atoms. The minimum atomic E-state index is -3.68. The van der Waals surface area contributed by atoms with Gasteiger partial charge in [-0.3, -0.25) is 4.90 Å². The highest BCUT2D eigenvalue weighted by Crippen LogP contribution is 2.31. The summed E-state index contributed by atoms with van der Waals surface area (Å²) in [6, 6.07) is 6.31. The SMILES string of the molecule is CCOc1ccc(NC(=O)N(CCO)c2nc(C)c(S(=O)(=O)N(C)C)s2)cc1. The van der Waals surface area contributed by atoms with Crippen molar-refractivity contribution in [3.8, 4) is 5.75 Å². The van der Waals surface area contributed by atoms with Gasteiger partial charge >= 0.3 is 6.03 Å². The van der Waals surface area contributed by atoms with Gasteiger partial charge in [-0.25, -0.2) is 22.5 Å². The predicted molar refractivity (Wildman–Crippen MR) is 109 cm³/mol. The summed E-state index contributed by atoms with van der Waals surface area (Å²) in [5, 5.41) is 12.2. The summed E-state index contributed by atoms with van der Waals surface area (Å²) in [4.78, 5) is 18.1. The molecule has 0 spiro atoms. The third kappa shape index (κ3) is 4.98. The van der Waals surface area contributed by atoms with E-state index in [9.17, 15) is 18.3 Å². The van der Waals surface area contributed by atoms with Crippen LogP contribution in [0.4, 0.5) is 15.6 Å². The Morgan fingerprint density at radius 2 is 1.93 bits per heavy atom. The number of nitrogens with one attached hydrogen (secondary N) is 1. The maximum Gasteiger partial charge on any atom is 0.328 e. The van der Waals surface area contributed by atoms with Crippen molar-refractivity contribution < 1.29 is 23.1 Å². The lowest BCUT2D eigenvalue weighted by Gasteiger charge is -2.19. The van der Waals surface area contributed by atoms with Crippen LogP contribution < -0.4 is 15.0 Å². The molecule has 0 aliphatic carbocycles. The molecule has 0 aliphatic heterocycles. The van der Waals surface area contributed by atoms with Crippen LogP contribution in [0.3, 0.4) is 0 Å². The quantitative estimate of drug-likeness (QED) is 0.666. The standard InChI is InChI=1S/C17H24N4O5S2/c1-5-26-14-8-6-13(7-9-14)19-16(23)21(10-11-22)17-18-12(2)15(27-17)28(24,25)20(3)4/h6-9,22H,5,10-11H2,1-4H3,(H,19,23). The van der Waals surface area contributed by atoms with E-state index in [4.69, 9.17) is 4.74 Å². The second-order valence-corrected chi connectivity index (χ2v) is 9.24. The summed E-state index contributed by atoms with van der Waals surface area (Å²) < 4.78 is 31.3. The van der Waals surface area contributed by atoms with E-state index in [1.165, 1.54) is 19.0 Å². The van der Waals surface area contributed by atoms with Gasteiger partial charge in [0, 0.05) is 19.8 Å². The number of nitrogens with zero attached hydrogens (tertiary/aromatic N) is 3. The van der Waals surface area contributed by atoms with Crippen molar-refractivity contribution in [3.05, 3.63) is 30.0 Å². The first-order valence-electron chi connectivity index (χ1n) is 8.52. The molecule has 11 heteroatoms. The van der Waals surface area contributed by atoms with E-state index in [2.05, 4.69) is 10.3 Å². The van der Waals surface area contributed by atoms with E-state index in [0.717, 1.165) is 15.6 Å². The zero-order valence-corrected chi connectivity index (χ0v) is 17.8. The van der Waals surface area contributed by atoms with Crippen LogP contribution in [0.1, 0.15) is 12.6 Å². The van der Waals surface area contributed by atoms with Crippen LogP contribution in [0, 0.1) is 6.92 Å². The molecule has 1 aromatic carbocycles. The Hall–Kier alpha value is -2.21. The fourth-order valence-corrected chi connectivity index (χ4v) is 4.93. The maximum atomic E-state index is 12.7. The summed E-state index contributed by atoms with van der Waals surface area (Å²) in [6.07, 6.45) is 0. The Morgan fingerprint density at radius 3 is 2.46 bits per heavy atom. The Labute approximate surface area is 168 Å². The number of hydrogen-bond acceptors (Lipinski definition) is 7. The number of aromatic nitrogens is 1. The molecule has 2 aromatic rings. The largest absolute Gasteiger partial charge is 0.494 e. The molecule has 9 nitrogen and oxygen atoms in total. The molecule has 2 N–H and O–H groups in total. The Balaban J connectivity index is 2.26. The highest BCUT2D eigenvalue weighted by atomic mass is 32.2. The number of aliphatic hydroxyl groups is 1. The van der Waals surface area contributed by atoms with E-state index in [1.807, 2.05) is 6.92 Å². The second-order valence-electron chi connectivity index (χ2n) is 5.92. The first-order valence-corrected chi connectivity index (χ1v) is 10.8. The summed E-state index contributed by atoms with van der Waals surface area (Å²) in [5.74, 6) is 0.682. The molecule has 0 radical (unpaired) electrons. The average Bonchev–Trinajstić information content (AvgIpc) is 3.03. The van der Waals surface area contributed by atoms with Gasteiger partial charge in [0.15, 0.2) is 9.34 Å². The summed E-state index contributed by atoms with van der Waals surface area (Å²) >= 11 is 0.884. The van der Waals surface area contributed by atoms with Crippen molar-refractivity contribution >= 4 is 38.2 Å². The molecule has 0 bridgehead atoms. The van der Waals surface area contributed by atoms with Crippen LogP contribution in [0.2, 0.25) is 0 Å². The van der Waals surface area contributed by atoms with Gasteiger partial charge in [-0.1, -0.05) is 11.3 Å². The van der Waals surface area contributed by atoms with Crippen molar-refractivity contribution in [2.45, 2.75) is 18.1 Å². The molecule has 0 unspecified atom stereocenters. The van der Waals surface area contributed by atoms with Gasteiger partial charge < -0.3 is 15.2 Å². The van der Waals surface area contributed by atoms with Crippen molar-refractivity contribution in [2.75, 3.05) is 44.1 Å². The Kier molecular flexibility index (Phi) is 7.35. The fraction of sp³-hybridized carbons (Fsp3) is 0.412. The molecule has 154 valence electrons. The van der Waals surface area contributed by atoms with E-state index in [-0.39, 0.29) is 22.5 Å². The molecule has 0 saturated carbocycles. The number of benzene rings is 1. The molecule has 1 heterocycles. The van der Waals surface area contributed by atoms with Crippen LogP contribution in [-0.4, -0.2) is 62.7 Å². The van der Waals surface area contributed by atoms with Crippen LogP contribution >= 0.6 is 11.3 Å². The second kappa shape index (κ2) is 9.32. The van der Waals surface area contributed by atoms with Crippen LogP contribution in [0.5, 0.6) is 5.75 Å². The van der Waals surface area contributed by atoms with Gasteiger partial charge in [0.2, 0.25) is 0 Å². The summed E-state index contributed by atoms with van der Waals surface area (Å²) in [5.41, 5.74) is 0.830. The molecule has 1 aromatic heterocycles. The highest BCUT2D eigenvalue weighted by Gasteiger charge is 2.27. The zero-order valence-electron chi connectivity index (χ0n) is 16.2. The van der Waals surface area contributed by atoms with Gasteiger partial charge in [0.25, 0.3) is 10.0 Å². The molecule has 0 saturated heterocycles. The predicted octanol–water partition coefficient (Wildman–Crippen LogP) is 2.13. The summed E-state index contributed by atoms with van der Waals surface area (Å²) in [7, 11) is -0.818. The minimum Gasteiger partial charge on any atom is -0.494 e. The molecular formula is C17H24N4O5S2. The van der Waals surface area contributed by atoms with Crippen molar-refractivity contribution in [3.63, 3.8) is 0 Å². The number of thiazole rings is 1. The number of ether oxygens (including phenoxy) is 1.